The van der Waals surface area contributed by atoms with Crippen LogP contribution in [-0.4, -0.2) is 0 Å². The molecule has 6 unspecified atom stereocenters. The van der Waals surface area contributed by atoms with Crippen molar-refractivity contribution in [2.24, 2.45) is 23.7 Å². The minimum absolute atomic E-state index is 0.358. The fraction of sp³-hybridized carbons (Fsp3) is 0.182. The van der Waals surface area contributed by atoms with E-state index < -0.39 is 0 Å². The second-order valence-corrected chi connectivity index (χ2v) is 14.0. The molecule has 0 bridgehead atoms. The summed E-state index contributed by atoms with van der Waals surface area (Å²) in [5.74, 6) is 4.71. The van der Waals surface area contributed by atoms with E-state index in [-0.39, 0.29) is 0 Å². The van der Waals surface area contributed by atoms with E-state index in [4.69, 9.17) is 4.42 Å². The molecule has 5 aliphatic carbocycles. The number of benzene rings is 5. The molecule has 0 aliphatic heterocycles. The molecule has 5 aromatic carbocycles. The SMILES string of the molecule is C1=CC2CC2C2C1=C(c1ccc3ccccc3c1)c1ccccc1C2c1ccc(-c2ccc3oc4c(c3c2)C2CC2C=C4)cc1. The van der Waals surface area contributed by atoms with Crippen LogP contribution in [0.5, 0.6) is 0 Å². The molecular formula is C44H32O. The van der Waals surface area contributed by atoms with Gasteiger partial charge in [0.25, 0.3) is 0 Å². The van der Waals surface area contributed by atoms with Crippen molar-refractivity contribution in [2.45, 2.75) is 24.7 Å². The number of furan rings is 1. The van der Waals surface area contributed by atoms with Crippen LogP contribution in [0.25, 0.3) is 44.5 Å². The summed E-state index contributed by atoms with van der Waals surface area (Å²) in [6, 6.07) is 41.3. The normalized spacial score (nSPS) is 26.7. The lowest BCUT2D eigenvalue weighted by Gasteiger charge is -2.39. The van der Waals surface area contributed by atoms with E-state index in [1.807, 2.05) is 0 Å². The first kappa shape index (κ1) is 24.4. The fourth-order valence-corrected chi connectivity index (χ4v) is 9.19. The van der Waals surface area contributed by atoms with Gasteiger partial charge in [-0.1, -0.05) is 109 Å². The van der Waals surface area contributed by atoms with Crippen LogP contribution in [0.3, 0.4) is 0 Å². The topological polar surface area (TPSA) is 13.1 Å². The van der Waals surface area contributed by atoms with Gasteiger partial charge in [-0.05, 0) is 122 Å². The average Bonchev–Trinajstić information content (AvgIpc) is 4.02. The van der Waals surface area contributed by atoms with Gasteiger partial charge >= 0.3 is 0 Å². The molecule has 1 heterocycles. The van der Waals surface area contributed by atoms with Crippen LogP contribution in [-0.2, 0) is 0 Å². The van der Waals surface area contributed by atoms with Crippen LogP contribution in [0.1, 0.15) is 58.3 Å². The Hall–Kier alpha value is -4.88. The van der Waals surface area contributed by atoms with E-state index in [1.165, 1.54) is 79.1 Å². The Balaban J connectivity index is 1.03. The third-order valence-corrected chi connectivity index (χ3v) is 11.5. The van der Waals surface area contributed by atoms with Crippen molar-refractivity contribution in [3.05, 3.63) is 167 Å². The molecule has 11 rings (SSSR count). The summed E-state index contributed by atoms with van der Waals surface area (Å²) >= 11 is 0. The molecular weight excluding hydrogens is 544 g/mol. The van der Waals surface area contributed by atoms with Crippen LogP contribution in [0.4, 0.5) is 0 Å². The molecule has 45 heavy (non-hydrogen) atoms. The van der Waals surface area contributed by atoms with Crippen LogP contribution in [0.15, 0.2) is 137 Å². The first-order valence-corrected chi connectivity index (χ1v) is 16.6. The largest absolute Gasteiger partial charge is 0.456 e. The van der Waals surface area contributed by atoms with Crippen LogP contribution in [0.2, 0.25) is 0 Å². The van der Waals surface area contributed by atoms with Crippen molar-refractivity contribution in [2.75, 3.05) is 0 Å². The van der Waals surface area contributed by atoms with Gasteiger partial charge in [-0.15, -0.1) is 0 Å². The summed E-state index contributed by atoms with van der Waals surface area (Å²) < 4.78 is 6.24. The Morgan fingerprint density at radius 3 is 2.36 bits per heavy atom. The highest BCUT2D eigenvalue weighted by Gasteiger charge is 2.51. The minimum atomic E-state index is 0.358. The van der Waals surface area contributed by atoms with Crippen molar-refractivity contribution in [3.8, 4) is 11.1 Å². The second kappa shape index (κ2) is 8.86. The summed E-state index contributed by atoms with van der Waals surface area (Å²) in [5, 5.41) is 3.91. The van der Waals surface area contributed by atoms with Gasteiger partial charge in [-0.25, -0.2) is 0 Å². The Bertz CT molecular complexity index is 2310. The maximum Gasteiger partial charge on any atom is 0.135 e. The molecule has 1 aromatic heterocycles. The summed E-state index contributed by atoms with van der Waals surface area (Å²) in [6.45, 7) is 0. The predicted molar refractivity (Wildman–Crippen MR) is 184 cm³/mol. The molecule has 0 amide bonds. The van der Waals surface area contributed by atoms with Gasteiger partial charge in [-0.3, -0.25) is 0 Å². The van der Waals surface area contributed by atoms with Gasteiger partial charge in [0.1, 0.15) is 11.3 Å². The lowest BCUT2D eigenvalue weighted by molar-refractivity contribution is 0.458. The average molecular weight is 577 g/mol. The number of fused-ring (bicyclic) bond motifs is 10. The third-order valence-electron chi connectivity index (χ3n) is 11.5. The zero-order valence-corrected chi connectivity index (χ0v) is 25.0. The zero-order valence-electron chi connectivity index (χ0n) is 25.0. The Morgan fingerprint density at radius 2 is 1.42 bits per heavy atom. The number of allylic oxidation sites excluding steroid dienone is 4. The van der Waals surface area contributed by atoms with Crippen LogP contribution in [0, 0.1) is 23.7 Å². The van der Waals surface area contributed by atoms with Gasteiger partial charge in [0, 0.05) is 16.9 Å². The van der Waals surface area contributed by atoms with Crippen molar-refractivity contribution in [1.29, 1.82) is 0 Å². The van der Waals surface area contributed by atoms with Gasteiger partial charge in [-0.2, -0.15) is 0 Å². The first-order chi connectivity index (χ1) is 22.3. The standard InChI is InChI=1S/C44H32O/c1-2-6-28-21-32(14-11-25(28)5-1)41-33-7-3-4-8-34(33)42(44-35(41)18-15-30-24-37(30)44)27-12-9-26(10-13-27)29-16-19-39-38(22-29)43-36-23-31(36)17-20-40(43)45-39/h1-22,30-31,36-37,42,44H,23-24H2. The molecule has 2 saturated carbocycles. The molecule has 6 atom stereocenters. The monoisotopic (exact) mass is 576 g/mol. The number of hydrogen-bond acceptors (Lipinski definition) is 1. The lowest BCUT2D eigenvalue weighted by atomic mass is 9.64. The van der Waals surface area contributed by atoms with Crippen LogP contribution < -0.4 is 0 Å². The lowest BCUT2D eigenvalue weighted by Crippen LogP contribution is -2.26. The molecule has 2 fully saturated rings. The zero-order chi connectivity index (χ0) is 29.2. The van der Waals surface area contributed by atoms with E-state index >= 15 is 0 Å². The maximum atomic E-state index is 6.24. The van der Waals surface area contributed by atoms with Crippen molar-refractivity contribution >= 4 is 33.4 Å². The summed E-state index contributed by atoms with van der Waals surface area (Å²) in [4.78, 5) is 0. The molecule has 6 aromatic rings. The molecule has 1 nitrogen and oxygen atoms in total. The molecule has 5 aliphatic rings. The van der Waals surface area contributed by atoms with Crippen LogP contribution >= 0.6 is 0 Å². The predicted octanol–water partition coefficient (Wildman–Crippen LogP) is 11.2. The van der Waals surface area contributed by atoms with Crippen molar-refractivity contribution in [1.82, 2.24) is 0 Å². The van der Waals surface area contributed by atoms with Gasteiger partial charge in [0.05, 0.1) is 0 Å². The van der Waals surface area contributed by atoms with E-state index in [0.717, 1.165) is 17.3 Å². The number of rotatable bonds is 3. The smallest absolute Gasteiger partial charge is 0.135 e. The highest BCUT2D eigenvalue weighted by Crippen LogP contribution is 2.62. The first-order valence-electron chi connectivity index (χ1n) is 16.6. The Labute approximate surface area is 263 Å². The fourth-order valence-electron chi connectivity index (χ4n) is 9.19. The highest BCUT2D eigenvalue weighted by molar-refractivity contribution is 5.94. The van der Waals surface area contributed by atoms with Crippen molar-refractivity contribution < 1.29 is 4.42 Å². The van der Waals surface area contributed by atoms with E-state index in [9.17, 15) is 0 Å². The molecule has 0 saturated heterocycles. The Kier molecular flexibility index (Phi) is 4.81. The molecule has 0 radical (unpaired) electrons. The molecule has 1 heteroatoms. The van der Waals surface area contributed by atoms with Crippen molar-refractivity contribution in [3.63, 3.8) is 0 Å². The van der Waals surface area contributed by atoms with Gasteiger partial charge < -0.3 is 4.42 Å². The van der Waals surface area contributed by atoms with E-state index in [0.29, 0.717) is 29.6 Å². The quantitative estimate of drug-likeness (QED) is 0.204. The van der Waals surface area contributed by atoms with E-state index in [1.54, 1.807) is 0 Å². The maximum absolute atomic E-state index is 6.24. The van der Waals surface area contributed by atoms with Gasteiger partial charge in [0.15, 0.2) is 0 Å². The van der Waals surface area contributed by atoms with E-state index in [2.05, 4.69) is 133 Å². The summed E-state index contributed by atoms with van der Waals surface area (Å²) in [7, 11) is 0. The molecule has 214 valence electrons. The summed E-state index contributed by atoms with van der Waals surface area (Å²) in [6.07, 6.45) is 12.1. The second-order valence-electron chi connectivity index (χ2n) is 14.0. The Morgan fingerprint density at radius 1 is 0.622 bits per heavy atom. The number of hydrogen-bond donors (Lipinski definition) is 0. The highest BCUT2D eigenvalue weighted by atomic mass is 16.3. The third kappa shape index (κ3) is 3.56. The molecule has 0 N–H and O–H groups in total. The summed E-state index contributed by atoms with van der Waals surface area (Å²) in [5.41, 5.74) is 13.6. The van der Waals surface area contributed by atoms with Gasteiger partial charge in [0.2, 0.25) is 0 Å². The molecule has 0 spiro atoms. The minimum Gasteiger partial charge on any atom is -0.456 e.